The molecule has 0 saturated heterocycles. The zero-order valence-corrected chi connectivity index (χ0v) is 28.4. The lowest BCUT2D eigenvalue weighted by Crippen LogP contribution is -2.50. The molecule has 45 heavy (non-hydrogen) atoms. The van der Waals surface area contributed by atoms with Gasteiger partial charge in [-0.15, -0.1) is 0 Å². The van der Waals surface area contributed by atoms with Gasteiger partial charge in [-0.3, -0.25) is 4.79 Å². The monoisotopic (exact) mass is 608 g/mol. The highest BCUT2D eigenvalue weighted by molar-refractivity contribution is 5.78. The van der Waals surface area contributed by atoms with Gasteiger partial charge in [0.1, 0.15) is 11.3 Å². The topological polar surface area (TPSA) is 50.4 Å². The Morgan fingerprint density at radius 3 is 2.42 bits per heavy atom. The van der Waals surface area contributed by atoms with Crippen LogP contribution in [0.5, 0.6) is 0 Å². The summed E-state index contributed by atoms with van der Waals surface area (Å²) in [5.74, 6) is 6.06. The van der Waals surface area contributed by atoms with Crippen molar-refractivity contribution in [3.63, 3.8) is 0 Å². The Morgan fingerprint density at radius 2 is 1.64 bits per heavy atom. The summed E-state index contributed by atoms with van der Waals surface area (Å²) in [6, 6.07) is 18.4. The second-order valence-corrected chi connectivity index (χ2v) is 16.0. The van der Waals surface area contributed by atoms with Crippen LogP contribution in [0.1, 0.15) is 105 Å². The van der Waals surface area contributed by atoms with E-state index in [-0.39, 0.29) is 11.5 Å². The number of allylic oxidation sites excluding steroid dienone is 1. The zero-order chi connectivity index (χ0) is 31.8. The fourth-order valence-corrected chi connectivity index (χ4v) is 10.5. The van der Waals surface area contributed by atoms with Gasteiger partial charge in [0.15, 0.2) is 5.43 Å². The molecule has 4 aliphatic carbocycles. The van der Waals surface area contributed by atoms with Gasteiger partial charge < -0.3 is 9.52 Å². The Morgan fingerprint density at radius 1 is 0.889 bits per heavy atom. The fourth-order valence-electron chi connectivity index (χ4n) is 10.5. The average molecular weight is 609 g/mol. The number of fused-ring (bicyclic) bond motifs is 6. The van der Waals surface area contributed by atoms with Gasteiger partial charge in [0.25, 0.3) is 0 Å². The quantitative estimate of drug-likeness (QED) is 0.283. The molecule has 3 fully saturated rings. The molecule has 3 aromatic rings. The van der Waals surface area contributed by atoms with Crippen molar-refractivity contribution in [3.05, 3.63) is 82.5 Å². The van der Waals surface area contributed by atoms with Crippen LogP contribution in [0.2, 0.25) is 0 Å². The van der Waals surface area contributed by atoms with Gasteiger partial charge in [-0.05, 0) is 110 Å². The lowest BCUT2D eigenvalue weighted by Gasteiger charge is -2.58. The van der Waals surface area contributed by atoms with Gasteiger partial charge in [-0.1, -0.05) is 108 Å². The van der Waals surface area contributed by atoms with Crippen LogP contribution in [0.3, 0.4) is 0 Å². The number of hydrogen-bond acceptors (Lipinski definition) is 3. The van der Waals surface area contributed by atoms with Crippen LogP contribution >= 0.6 is 0 Å². The summed E-state index contributed by atoms with van der Waals surface area (Å²) >= 11 is 0. The second kappa shape index (κ2) is 13.2. The number of rotatable bonds is 6. The molecule has 0 radical (unpaired) electrons. The van der Waals surface area contributed by atoms with E-state index >= 15 is 0 Å². The van der Waals surface area contributed by atoms with Crippen LogP contribution in [0.15, 0.2) is 81.5 Å². The third-order valence-electron chi connectivity index (χ3n) is 13.0. The first-order valence-corrected chi connectivity index (χ1v) is 18.1. The van der Waals surface area contributed by atoms with E-state index in [9.17, 15) is 9.90 Å². The summed E-state index contributed by atoms with van der Waals surface area (Å²) in [7, 11) is 0. The molecule has 0 bridgehead atoms. The second-order valence-electron chi connectivity index (χ2n) is 16.0. The summed E-state index contributed by atoms with van der Waals surface area (Å²) in [6.07, 6.45) is 17.2. The molecule has 7 rings (SSSR count). The predicted molar refractivity (Wildman–Crippen MR) is 187 cm³/mol. The third kappa shape index (κ3) is 6.36. The molecule has 3 heteroatoms. The minimum atomic E-state index is -0.0766. The molecule has 0 aliphatic heterocycles. The Balaban J connectivity index is 0.000000179. The van der Waals surface area contributed by atoms with Crippen LogP contribution < -0.4 is 5.43 Å². The van der Waals surface area contributed by atoms with Gasteiger partial charge in [-0.2, -0.15) is 0 Å². The van der Waals surface area contributed by atoms with Crippen molar-refractivity contribution in [2.45, 2.75) is 111 Å². The van der Waals surface area contributed by atoms with Crippen molar-refractivity contribution in [1.29, 1.82) is 0 Å². The molecule has 2 aromatic carbocycles. The molecule has 3 nitrogen and oxygen atoms in total. The largest absolute Gasteiger partial charge is 0.456 e. The van der Waals surface area contributed by atoms with Crippen LogP contribution in [0, 0.1) is 46.3 Å². The number of benzene rings is 2. The van der Waals surface area contributed by atoms with Crippen LogP contribution in [-0.2, 0) is 0 Å². The van der Waals surface area contributed by atoms with E-state index in [2.05, 4.69) is 40.7 Å². The SMILES string of the molecule is CC(C)CCC[C@@H](C)[C@H]1CC[C@H]2[C@@H]3CC=C4C[C@@H](O)CC[C@]4(C)[C@H]3CC[C@]12C.O=c1cc(-c2ccccc2)oc2ccccc12. The summed E-state index contributed by atoms with van der Waals surface area (Å²) in [6.45, 7) is 12.6. The third-order valence-corrected chi connectivity index (χ3v) is 13.0. The first kappa shape index (κ1) is 32.3. The molecule has 4 aliphatic rings. The number of para-hydroxylation sites is 1. The molecule has 242 valence electrons. The van der Waals surface area contributed by atoms with Gasteiger partial charge >= 0.3 is 0 Å². The van der Waals surface area contributed by atoms with E-state index in [0.717, 1.165) is 53.9 Å². The van der Waals surface area contributed by atoms with Crippen molar-refractivity contribution in [2.75, 3.05) is 0 Å². The molecule has 1 N–H and O–H groups in total. The zero-order valence-electron chi connectivity index (χ0n) is 28.4. The van der Waals surface area contributed by atoms with Crippen LogP contribution in [-0.4, -0.2) is 11.2 Å². The first-order chi connectivity index (χ1) is 21.6. The highest BCUT2D eigenvalue weighted by Crippen LogP contribution is 2.67. The Kier molecular flexibility index (Phi) is 9.49. The molecular formula is C42H56O3. The molecule has 8 atom stereocenters. The standard InChI is InChI=1S/C27H46O.C15H10O2/c1-18(2)7-6-8-19(3)23-11-12-24-22-10-9-20-17-21(28)13-15-26(20,4)25(22)14-16-27(23,24)5;16-13-10-15(11-6-2-1-3-7-11)17-14-9-5-4-8-12(13)14/h9,18-19,21-25,28H,6-8,10-17H2,1-5H3;1-10H/t19-,21+,22+,23-,24+,25+,26+,27-;/m1./s1. The van der Waals surface area contributed by atoms with Crippen LogP contribution in [0.25, 0.3) is 22.3 Å². The van der Waals surface area contributed by atoms with Crippen molar-refractivity contribution in [2.24, 2.45) is 46.3 Å². The van der Waals surface area contributed by atoms with Crippen molar-refractivity contribution >= 4 is 11.0 Å². The number of aliphatic hydroxyl groups is 1. The van der Waals surface area contributed by atoms with Crippen molar-refractivity contribution in [3.8, 4) is 11.3 Å². The molecule has 3 saturated carbocycles. The highest BCUT2D eigenvalue weighted by atomic mass is 16.3. The maximum absolute atomic E-state index is 11.9. The summed E-state index contributed by atoms with van der Waals surface area (Å²) in [4.78, 5) is 11.9. The van der Waals surface area contributed by atoms with E-state index < -0.39 is 0 Å². The van der Waals surface area contributed by atoms with Gasteiger partial charge in [0.2, 0.25) is 0 Å². The Labute approximate surface area is 271 Å². The first-order valence-electron chi connectivity index (χ1n) is 18.1. The molecule has 0 unspecified atom stereocenters. The van der Waals surface area contributed by atoms with E-state index in [4.69, 9.17) is 4.42 Å². The minimum Gasteiger partial charge on any atom is -0.456 e. The maximum Gasteiger partial charge on any atom is 0.193 e. The average Bonchev–Trinajstić information content (AvgIpc) is 3.39. The Bertz CT molecular complexity index is 1530. The maximum atomic E-state index is 11.9. The van der Waals surface area contributed by atoms with E-state index in [0.29, 0.717) is 27.6 Å². The minimum absolute atomic E-state index is 0.00861. The number of aliphatic hydroxyl groups excluding tert-OH is 1. The summed E-state index contributed by atoms with van der Waals surface area (Å²) in [5, 5.41) is 10.8. The predicted octanol–water partition coefficient (Wildman–Crippen LogP) is 10.8. The van der Waals surface area contributed by atoms with Gasteiger partial charge in [-0.25, -0.2) is 0 Å². The summed E-state index contributed by atoms with van der Waals surface area (Å²) < 4.78 is 5.73. The molecule has 1 aromatic heterocycles. The normalized spacial score (nSPS) is 33.0. The highest BCUT2D eigenvalue weighted by Gasteiger charge is 2.59. The lowest BCUT2D eigenvalue weighted by molar-refractivity contribution is -0.0573. The summed E-state index contributed by atoms with van der Waals surface area (Å²) in [5.41, 5.74) is 4.13. The molecule has 0 amide bonds. The number of hydrogen-bond donors (Lipinski definition) is 1. The molecular weight excluding hydrogens is 552 g/mol. The Hall–Kier alpha value is -2.65. The van der Waals surface area contributed by atoms with Gasteiger partial charge in [0.05, 0.1) is 11.5 Å². The van der Waals surface area contributed by atoms with E-state index in [1.165, 1.54) is 63.9 Å². The van der Waals surface area contributed by atoms with Crippen LogP contribution in [0.4, 0.5) is 0 Å². The lowest BCUT2D eigenvalue weighted by atomic mass is 9.47. The fraction of sp³-hybridized carbons (Fsp3) is 0.595. The van der Waals surface area contributed by atoms with Crippen molar-refractivity contribution < 1.29 is 9.52 Å². The van der Waals surface area contributed by atoms with E-state index in [1.807, 2.05) is 48.5 Å². The van der Waals surface area contributed by atoms with E-state index in [1.54, 1.807) is 11.6 Å². The molecule has 0 spiro atoms. The molecule has 1 heterocycles. The smallest absolute Gasteiger partial charge is 0.193 e. The van der Waals surface area contributed by atoms with Crippen molar-refractivity contribution in [1.82, 2.24) is 0 Å². The van der Waals surface area contributed by atoms with Gasteiger partial charge in [0, 0.05) is 11.6 Å².